The van der Waals surface area contributed by atoms with Gasteiger partial charge in [0.15, 0.2) is 23.0 Å². The van der Waals surface area contributed by atoms with Crippen LogP contribution < -0.4 is 18.9 Å². The highest BCUT2D eigenvalue weighted by Crippen LogP contribution is 2.56. The molecule has 2 fully saturated rings. The lowest BCUT2D eigenvalue weighted by atomic mass is 9.84. The monoisotopic (exact) mass is 386 g/mol. The number of hydrogen-bond acceptors (Lipinski definition) is 8. The Morgan fingerprint density at radius 3 is 1.57 bits per heavy atom. The molecular formula is C20H18O8. The summed E-state index contributed by atoms with van der Waals surface area (Å²) in [4.78, 5) is 0. The van der Waals surface area contributed by atoms with Gasteiger partial charge in [0.05, 0.1) is 25.4 Å². The Morgan fingerprint density at radius 1 is 0.643 bits per heavy atom. The van der Waals surface area contributed by atoms with Crippen LogP contribution in [0.15, 0.2) is 24.3 Å². The zero-order valence-corrected chi connectivity index (χ0v) is 14.8. The minimum Gasteiger partial charge on any atom is -0.504 e. The molecule has 4 aliphatic heterocycles. The van der Waals surface area contributed by atoms with E-state index in [-0.39, 0.29) is 49.1 Å². The highest BCUT2D eigenvalue weighted by atomic mass is 16.7. The van der Waals surface area contributed by atoms with Crippen molar-refractivity contribution in [3.63, 3.8) is 0 Å². The predicted molar refractivity (Wildman–Crippen MR) is 92.8 cm³/mol. The van der Waals surface area contributed by atoms with Crippen molar-refractivity contribution in [2.45, 2.75) is 12.2 Å². The molecule has 0 saturated carbocycles. The van der Waals surface area contributed by atoms with Gasteiger partial charge >= 0.3 is 0 Å². The van der Waals surface area contributed by atoms with Crippen LogP contribution in [0.4, 0.5) is 0 Å². The van der Waals surface area contributed by atoms with E-state index in [4.69, 9.17) is 28.4 Å². The molecule has 0 aromatic heterocycles. The Morgan fingerprint density at radius 2 is 1.11 bits per heavy atom. The van der Waals surface area contributed by atoms with E-state index in [9.17, 15) is 10.2 Å². The minimum atomic E-state index is -0.319. The topological polar surface area (TPSA) is 95.8 Å². The number of benzene rings is 2. The molecule has 8 heteroatoms. The number of hydrogen-bond donors (Lipinski definition) is 2. The molecule has 8 nitrogen and oxygen atoms in total. The van der Waals surface area contributed by atoms with Crippen molar-refractivity contribution in [1.29, 1.82) is 0 Å². The fraction of sp³-hybridized carbons (Fsp3) is 0.400. The molecule has 4 heterocycles. The molecule has 28 heavy (non-hydrogen) atoms. The number of rotatable bonds is 2. The van der Waals surface area contributed by atoms with Gasteiger partial charge in [0.1, 0.15) is 0 Å². The zero-order chi connectivity index (χ0) is 18.8. The Kier molecular flexibility index (Phi) is 3.36. The molecule has 0 bridgehead atoms. The van der Waals surface area contributed by atoms with E-state index in [1.165, 1.54) is 0 Å². The van der Waals surface area contributed by atoms with Crippen molar-refractivity contribution in [3.8, 4) is 34.5 Å². The van der Waals surface area contributed by atoms with E-state index in [1.54, 1.807) is 24.3 Å². The van der Waals surface area contributed by atoms with Crippen LogP contribution in [0.1, 0.15) is 23.3 Å². The second-order valence-corrected chi connectivity index (χ2v) is 7.31. The SMILES string of the molecule is Oc1c([C@H]2OC[C@H]3[C@@H]2CO[C@@H]3c2ccc3c(c2O)OCO3)ccc2c1OCO2. The van der Waals surface area contributed by atoms with Gasteiger partial charge in [0, 0.05) is 23.0 Å². The minimum absolute atomic E-state index is 0.0427. The van der Waals surface area contributed by atoms with Crippen LogP contribution in [0.3, 0.4) is 0 Å². The van der Waals surface area contributed by atoms with Gasteiger partial charge in [0.25, 0.3) is 0 Å². The first-order valence-electron chi connectivity index (χ1n) is 9.18. The maximum atomic E-state index is 10.6. The van der Waals surface area contributed by atoms with Crippen LogP contribution in [-0.2, 0) is 9.47 Å². The normalized spacial score (nSPS) is 29.3. The largest absolute Gasteiger partial charge is 0.504 e. The number of phenols is 2. The van der Waals surface area contributed by atoms with E-state index in [0.717, 1.165) is 0 Å². The second-order valence-electron chi connectivity index (χ2n) is 7.31. The van der Waals surface area contributed by atoms with Gasteiger partial charge in [-0.2, -0.15) is 0 Å². The van der Waals surface area contributed by atoms with Crippen LogP contribution in [-0.4, -0.2) is 37.0 Å². The molecule has 4 atom stereocenters. The quantitative estimate of drug-likeness (QED) is 0.813. The molecule has 0 amide bonds. The molecule has 2 saturated heterocycles. The highest BCUT2D eigenvalue weighted by molar-refractivity contribution is 5.58. The molecule has 0 aliphatic carbocycles. The fourth-order valence-corrected chi connectivity index (χ4v) is 4.59. The van der Waals surface area contributed by atoms with Crippen molar-refractivity contribution in [2.24, 2.45) is 11.8 Å². The van der Waals surface area contributed by atoms with E-state index < -0.39 is 0 Å². The van der Waals surface area contributed by atoms with Gasteiger partial charge in [-0.1, -0.05) is 0 Å². The lowest BCUT2D eigenvalue weighted by Gasteiger charge is -2.18. The average molecular weight is 386 g/mol. The lowest BCUT2D eigenvalue weighted by Crippen LogP contribution is -2.14. The van der Waals surface area contributed by atoms with E-state index in [0.29, 0.717) is 47.3 Å². The number of ether oxygens (including phenoxy) is 6. The van der Waals surface area contributed by atoms with E-state index in [1.807, 2.05) is 0 Å². The third-order valence-electron chi connectivity index (χ3n) is 5.97. The first-order chi connectivity index (χ1) is 13.7. The van der Waals surface area contributed by atoms with Crippen LogP contribution in [0.25, 0.3) is 0 Å². The second kappa shape index (κ2) is 5.83. The Balaban J connectivity index is 1.31. The summed E-state index contributed by atoms with van der Waals surface area (Å²) in [5, 5.41) is 21.3. The Bertz CT molecular complexity index is 880. The molecule has 0 radical (unpaired) electrons. The van der Waals surface area contributed by atoms with Crippen LogP contribution in [0.5, 0.6) is 34.5 Å². The third-order valence-corrected chi connectivity index (χ3v) is 5.97. The van der Waals surface area contributed by atoms with Crippen molar-refractivity contribution >= 4 is 0 Å². The predicted octanol–water partition coefficient (Wildman–Crippen LogP) is 2.63. The molecular weight excluding hydrogens is 368 g/mol. The molecule has 2 N–H and O–H groups in total. The van der Waals surface area contributed by atoms with Gasteiger partial charge < -0.3 is 38.6 Å². The Labute approximate surface area is 160 Å². The van der Waals surface area contributed by atoms with Gasteiger partial charge in [-0.3, -0.25) is 0 Å². The highest BCUT2D eigenvalue weighted by Gasteiger charge is 2.50. The van der Waals surface area contributed by atoms with Crippen LogP contribution in [0.2, 0.25) is 0 Å². The van der Waals surface area contributed by atoms with Crippen molar-refractivity contribution in [3.05, 3.63) is 35.4 Å². The van der Waals surface area contributed by atoms with E-state index >= 15 is 0 Å². The van der Waals surface area contributed by atoms with Gasteiger partial charge in [-0.05, 0) is 24.3 Å². The molecule has 0 unspecified atom stereocenters. The number of aromatic hydroxyl groups is 2. The summed E-state index contributed by atoms with van der Waals surface area (Å²) in [7, 11) is 0. The summed E-state index contributed by atoms with van der Waals surface area (Å²) in [6, 6.07) is 7.18. The van der Waals surface area contributed by atoms with E-state index in [2.05, 4.69) is 0 Å². The van der Waals surface area contributed by atoms with Crippen LogP contribution in [0, 0.1) is 11.8 Å². The first-order valence-corrected chi connectivity index (χ1v) is 9.18. The number of fused-ring (bicyclic) bond motifs is 3. The molecule has 4 aliphatic rings. The third kappa shape index (κ3) is 2.12. The van der Waals surface area contributed by atoms with Crippen molar-refractivity contribution < 1.29 is 38.6 Å². The smallest absolute Gasteiger partial charge is 0.231 e. The summed E-state index contributed by atoms with van der Waals surface area (Å²) in [5.41, 5.74) is 1.33. The zero-order valence-electron chi connectivity index (χ0n) is 14.8. The lowest BCUT2D eigenvalue weighted by molar-refractivity contribution is 0.0177. The summed E-state index contributed by atoms with van der Waals surface area (Å²) in [5.74, 6) is 1.96. The molecule has 0 spiro atoms. The molecule has 6 rings (SSSR count). The summed E-state index contributed by atoms with van der Waals surface area (Å²) in [6.45, 7) is 1.11. The summed E-state index contributed by atoms with van der Waals surface area (Å²) < 4.78 is 33.5. The van der Waals surface area contributed by atoms with Gasteiger partial charge in [0.2, 0.25) is 25.1 Å². The maximum absolute atomic E-state index is 10.6. The maximum Gasteiger partial charge on any atom is 0.231 e. The van der Waals surface area contributed by atoms with Crippen molar-refractivity contribution in [2.75, 3.05) is 26.8 Å². The number of phenolic OH excluding ortho intramolecular Hbond substituents is 2. The van der Waals surface area contributed by atoms with Crippen molar-refractivity contribution in [1.82, 2.24) is 0 Å². The fourth-order valence-electron chi connectivity index (χ4n) is 4.59. The average Bonchev–Trinajstić information content (AvgIpc) is 3.47. The van der Waals surface area contributed by atoms with Gasteiger partial charge in [-0.25, -0.2) is 0 Å². The van der Waals surface area contributed by atoms with Crippen LogP contribution >= 0.6 is 0 Å². The summed E-state index contributed by atoms with van der Waals surface area (Å²) in [6.07, 6.45) is -0.638. The Hall–Kier alpha value is -2.84. The van der Waals surface area contributed by atoms with Gasteiger partial charge in [-0.15, -0.1) is 0 Å². The first kappa shape index (κ1) is 16.1. The summed E-state index contributed by atoms with van der Waals surface area (Å²) >= 11 is 0. The molecule has 2 aromatic rings. The standard InChI is InChI=1S/C20H18O8/c21-15-9(1-3-13-19(15)27-7-25-13)17-11-5-24-18(12(11)6-23-17)10-2-4-14-20(16(10)22)28-8-26-14/h1-4,11-12,17-18,21-22H,5-8H2/t11-,12-,17+,18+/m0/s1. The molecule has 2 aromatic carbocycles. The molecule has 146 valence electrons.